The van der Waals surface area contributed by atoms with Crippen molar-refractivity contribution < 1.29 is 14.3 Å². The van der Waals surface area contributed by atoms with E-state index < -0.39 is 7.26 Å². The van der Waals surface area contributed by atoms with Crippen molar-refractivity contribution in [1.82, 2.24) is 0 Å². The molecule has 1 aliphatic heterocycles. The summed E-state index contributed by atoms with van der Waals surface area (Å²) in [6, 6.07) is 15.6. The van der Waals surface area contributed by atoms with Gasteiger partial charge in [0.2, 0.25) is 0 Å². The molecule has 5 nitrogen and oxygen atoms in total. The second-order valence-electron chi connectivity index (χ2n) is 9.80. The Bertz CT molecular complexity index is 1060. The molecule has 2 aliphatic rings. The van der Waals surface area contributed by atoms with E-state index in [9.17, 15) is 14.9 Å². The van der Waals surface area contributed by atoms with E-state index in [0.717, 1.165) is 60.4 Å². The zero-order valence-corrected chi connectivity index (χ0v) is 20.6. The molecule has 0 radical (unpaired) electrons. The molecule has 2 fully saturated rings. The van der Waals surface area contributed by atoms with E-state index in [1.54, 1.807) is 0 Å². The molecule has 174 valence electrons. The Labute approximate surface area is 196 Å². The van der Waals surface area contributed by atoms with Gasteiger partial charge >= 0.3 is 197 Å². The van der Waals surface area contributed by atoms with Gasteiger partial charge in [-0.05, 0) is 0 Å². The van der Waals surface area contributed by atoms with E-state index in [0.29, 0.717) is 11.7 Å². The molecule has 0 atom stereocenters. The molecule has 1 saturated carbocycles. The van der Waals surface area contributed by atoms with Gasteiger partial charge in [-0.25, -0.2) is 0 Å². The molecule has 2 aromatic rings. The first kappa shape index (κ1) is 23.5. The minimum atomic E-state index is -2.21. The Balaban J connectivity index is 1.52. The first-order chi connectivity index (χ1) is 15.9. The molecule has 1 N–H and O–H groups in total. The number of aryl methyl sites for hydroxylation is 2. The summed E-state index contributed by atoms with van der Waals surface area (Å²) in [5.41, 5.74) is 4.19. The molecular formula is C27H33N2O3P. The Morgan fingerprint density at radius 2 is 1.70 bits per heavy atom. The summed E-state index contributed by atoms with van der Waals surface area (Å²) in [6.45, 7) is 4.14. The van der Waals surface area contributed by atoms with E-state index >= 15 is 0 Å². The second kappa shape index (κ2) is 9.65. The van der Waals surface area contributed by atoms with Crippen LogP contribution in [-0.4, -0.2) is 35.5 Å². The number of hydrogen-bond donors (Lipinski definition) is 1. The van der Waals surface area contributed by atoms with Crippen molar-refractivity contribution in [2.45, 2.75) is 57.7 Å². The Kier molecular flexibility index (Phi) is 6.86. The van der Waals surface area contributed by atoms with Crippen molar-refractivity contribution in [3.05, 3.63) is 64.7 Å². The van der Waals surface area contributed by atoms with Crippen LogP contribution in [0.4, 0.5) is 5.69 Å². The molecule has 1 aliphatic carbocycles. The van der Waals surface area contributed by atoms with Crippen molar-refractivity contribution in [3.8, 4) is 6.07 Å². The zero-order valence-electron chi connectivity index (χ0n) is 19.6. The molecule has 1 heterocycles. The van der Waals surface area contributed by atoms with Gasteiger partial charge in [0.05, 0.1) is 0 Å². The molecule has 0 aromatic heterocycles. The van der Waals surface area contributed by atoms with E-state index in [1.807, 2.05) is 56.3 Å². The van der Waals surface area contributed by atoms with Gasteiger partial charge in [0, 0.05) is 0 Å². The molecule has 6 heteroatoms. The Hall–Kier alpha value is -2.70. The van der Waals surface area contributed by atoms with Crippen molar-refractivity contribution in [1.29, 1.82) is 5.26 Å². The molecular weight excluding hydrogens is 431 g/mol. The van der Waals surface area contributed by atoms with Crippen molar-refractivity contribution in [3.63, 3.8) is 0 Å². The van der Waals surface area contributed by atoms with E-state index in [1.165, 1.54) is 6.42 Å². The summed E-state index contributed by atoms with van der Waals surface area (Å²) >= 11 is 0. The fraction of sp³-hybridized carbons (Fsp3) is 0.444. The number of amides is 1. The van der Waals surface area contributed by atoms with Crippen LogP contribution in [0.2, 0.25) is 0 Å². The van der Waals surface area contributed by atoms with Crippen molar-refractivity contribution >= 4 is 24.8 Å². The first-order valence-corrected chi connectivity index (χ1v) is 14.5. The normalized spacial score (nSPS) is 19.1. The molecule has 33 heavy (non-hydrogen) atoms. The summed E-state index contributed by atoms with van der Waals surface area (Å²) in [5, 5.41) is 12.1. The molecule has 1 amide bonds. The first-order valence-electron chi connectivity index (χ1n) is 11.9. The molecule has 0 unspecified atom stereocenters. The van der Waals surface area contributed by atoms with Crippen LogP contribution in [0.15, 0.2) is 42.5 Å². The number of rotatable bonds is 7. The predicted octanol–water partition coefficient (Wildman–Crippen LogP) is 5.32. The average molecular weight is 465 g/mol. The van der Waals surface area contributed by atoms with Crippen LogP contribution in [0.1, 0.15) is 54.4 Å². The summed E-state index contributed by atoms with van der Waals surface area (Å²) in [4.78, 5) is 26.7. The summed E-state index contributed by atoms with van der Waals surface area (Å²) < 4.78 is 5.67. The minimum absolute atomic E-state index is 0.0721. The van der Waals surface area contributed by atoms with Crippen molar-refractivity contribution in [2.24, 2.45) is 0 Å². The third-order valence-electron chi connectivity index (χ3n) is 7.64. The van der Waals surface area contributed by atoms with Crippen LogP contribution in [-0.2, 0) is 20.9 Å². The average Bonchev–Trinajstić information content (AvgIpc) is 3.64. The monoisotopic (exact) mass is 464 g/mol. The van der Waals surface area contributed by atoms with Gasteiger partial charge in [0.1, 0.15) is 0 Å². The Morgan fingerprint density at radius 1 is 1.06 bits per heavy atom. The number of carbonyl (C=O) groups is 2. The third kappa shape index (κ3) is 4.82. The predicted molar refractivity (Wildman–Crippen MR) is 134 cm³/mol. The third-order valence-corrected chi connectivity index (χ3v) is 14.0. The number of esters is 1. The number of carbonyl (C=O) groups excluding carboxylic acids is 2. The quantitative estimate of drug-likeness (QED) is 0.444. The number of nitrogens with one attached hydrogen (secondary N) is 1. The van der Waals surface area contributed by atoms with E-state index in [4.69, 9.17) is 4.74 Å². The number of benzene rings is 2. The summed E-state index contributed by atoms with van der Waals surface area (Å²) in [6.07, 6.45) is 7.58. The van der Waals surface area contributed by atoms with Gasteiger partial charge in [-0.1, -0.05) is 0 Å². The van der Waals surface area contributed by atoms with Crippen molar-refractivity contribution in [2.75, 3.05) is 23.8 Å². The maximum atomic E-state index is 13.7. The molecule has 0 bridgehead atoms. The zero-order chi connectivity index (χ0) is 23.5. The van der Waals surface area contributed by atoms with E-state index in [2.05, 4.69) is 11.4 Å². The van der Waals surface area contributed by atoms with Gasteiger partial charge in [-0.15, -0.1) is 0 Å². The van der Waals surface area contributed by atoms with Crippen LogP contribution < -0.4 is 5.32 Å². The van der Waals surface area contributed by atoms with Gasteiger partial charge in [-0.2, -0.15) is 0 Å². The van der Waals surface area contributed by atoms with Gasteiger partial charge in [0.15, 0.2) is 0 Å². The van der Waals surface area contributed by atoms with Crippen LogP contribution in [0.25, 0.3) is 0 Å². The molecule has 0 spiro atoms. The number of nitriles is 1. The second-order valence-corrected chi connectivity index (χ2v) is 14.7. The summed E-state index contributed by atoms with van der Waals surface area (Å²) in [5.74, 6) is -0.0833. The van der Waals surface area contributed by atoms with Crippen LogP contribution in [0.5, 0.6) is 0 Å². The van der Waals surface area contributed by atoms with Gasteiger partial charge in [-0.3, -0.25) is 0 Å². The fourth-order valence-corrected chi connectivity index (χ4v) is 11.8. The molecule has 2 aromatic carbocycles. The Morgan fingerprint density at radius 3 is 2.27 bits per heavy atom. The SMILES string of the molecule is Cc1cc(C#N)cc(C)c1NC(=O)C1([PH]2(CC(=O)OCc3ccccc3)CCCCC2)CC1. The number of anilines is 1. The maximum absolute atomic E-state index is 13.7. The topological polar surface area (TPSA) is 79.2 Å². The van der Waals surface area contributed by atoms with Gasteiger partial charge < -0.3 is 0 Å². The summed E-state index contributed by atoms with van der Waals surface area (Å²) in [7, 11) is -2.21. The van der Waals surface area contributed by atoms with Gasteiger partial charge in [0.25, 0.3) is 0 Å². The van der Waals surface area contributed by atoms with Crippen LogP contribution in [0.3, 0.4) is 0 Å². The van der Waals surface area contributed by atoms with Crippen LogP contribution in [0, 0.1) is 25.2 Å². The van der Waals surface area contributed by atoms with E-state index in [-0.39, 0.29) is 23.6 Å². The number of hydrogen-bond acceptors (Lipinski definition) is 4. The standard InChI is InChI=1S/C27H33N2O3P/c1-20-15-23(17-28)16-21(2)25(20)29-26(31)27(11-12-27)33(13-7-4-8-14-33)19-24(30)32-18-22-9-5-3-6-10-22/h3,5-6,9-10,15-16,33H,4,7-8,11-14,18-19H2,1-2H3,(H,29,31). The number of nitrogens with zero attached hydrogens (tertiary/aromatic N) is 1. The molecule has 4 rings (SSSR count). The fourth-order valence-electron chi connectivity index (χ4n) is 5.70. The number of ether oxygens (including phenoxy) is 1. The molecule has 1 saturated heterocycles. The van der Waals surface area contributed by atoms with Crippen LogP contribution >= 0.6 is 7.26 Å².